The van der Waals surface area contributed by atoms with Crippen molar-refractivity contribution in [3.63, 3.8) is 0 Å². The minimum Gasteiger partial charge on any atom is -0.394 e. The Bertz CT molecular complexity index is 951. The maximum Gasteiger partial charge on any atom is 0.220 e. The normalized spacial score (nSPS) is 13.4. The van der Waals surface area contributed by atoms with Gasteiger partial charge in [0.1, 0.15) is 6.10 Å². The number of rotatable bonds is 54. The van der Waals surface area contributed by atoms with E-state index in [0.717, 1.165) is 38.5 Å². The third-order valence-electron chi connectivity index (χ3n) is 13.8. The fraction of sp³-hybridized carbons (Fsp3) is 0.915. The van der Waals surface area contributed by atoms with Crippen LogP contribution in [-0.4, -0.2) is 46.1 Å². The van der Waals surface area contributed by atoms with Gasteiger partial charge in [0.2, 0.25) is 5.91 Å². The molecular weight excluding hydrogens is 787 g/mol. The van der Waals surface area contributed by atoms with Gasteiger partial charge in [-0.1, -0.05) is 276 Å². The van der Waals surface area contributed by atoms with Gasteiger partial charge in [0.25, 0.3) is 0 Å². The Morgan fingerprint density at radius 1 is 0.375 bits per heavy atom. The Hall–Kier alpha value is -1.17. The largest absolute Gasteiger partial charge is 0.394 e. The topological polar surface area (TPSA) is 89.8 Å². The highest BCUT2D eigenvalue weighted by atomic mass is 16.3. The van der Waals surface area contributed by atoms with E-state index in [1.54, 1.807) is 0 Å². The summed E-state index contributed by atoms with van der Waals surface area (Å²) in [7, 11) is 0. The number of unbranched alkanes of at least 4 members (excludes halogenated alkanes) is 42. The number of aliphatic hydroxyl groups excluding tert-OH is 3. The van der Waals surface area contributed by atoms with E-state index < -0.39 is 18.2 Å². The van der Waals surface area contributed by atoms with Crippen LogP contribution in [0, 0.1) is 0 Å². The maximum atomic E-state index is 12.5. The summed E-state index contributed by atoms with van der Waals surface area (Å²) in [4.78, 5) is 12.5. The Kier molecular flexibility index (Phi) is 53.4. The zero-order valence-corrected chi connectivity index (χ0v) is 43.4. The standard InChI is InChI=1S/C59H115NO4/c1-3-5-7-9-11-13-15-17-19-20-21-22-23-24-25-26-27-28-29-30-31-32-33-34-35-36-37-38-40-42-44-46-48-50-52-54-58(63)60-56(55-61)59(64)57(62)53-51-49-47-45-43-41-39-18-16-14-12-10-8-6-4-2/h26-27,45,47,56-57,59,61-62,64H,3-25,28-44,46,48-55H2,1-2H3,(H,60,63)/b27-26-,47-45+. The van der Waals surface area contributed by atoms with Crippen LogP contribution in [0.2, 0.25) is 0 Å². The van der Waals surface area contributed by atoms with Crippen molar-refractivity contribution >= 4 is 5.91 Å². The van der Waals surface area contributed by atoms with E-state index in [4.69, 9.17) is 0 Å². The lowest BCUT2D eigenvalue weighted by Gasteiger charge is -2.26. The predicted octanol–water partition coefficient (Wildman–Crippen LogP) is 18.1. The second-order valence-corrected chi connectivity index (χ2v) is 20.2. The van der Waals surface area contributed by atoms with E-state index in [1.165, 1.54) is 257 Å². The highest BCUT2D eigenvalue weighted by Crippen LogP contribution is 2.18. The maximum absolute atomic E-state index is 12.5. The summed E-state index contributed by atoms with van der Waals surface area (Å²) in [5.74, 6) is -0.149. The third kappa shape index (κ3) is 48.8. The highest BCUT2D eigenvalue weighted by molar-refractivity contribution is 5.76. The number of allylic oxidation sites excluding steroid dienone is 4. The fourth-order valence-electron chi connectivity index (χ4n) is 9.28. The second-order valence-electron chi connectivity index (χ2n) is 20.2. The van der Waals surface area contributed by atoms with Crippen molar-refractivity contribution in [1.82, 2.24) is 5.32 Å². The first-order chi connectivity index (χ1) is 31.6. The second kappa shape index (κ2) is 54.4. The van der Waals surface area contributed by atoms with Crippen LogP contribution in [0.15, 0.2) is 24.3 Å². The van der Waals surface area contributed by atoms with Crippen molar-refractivity contribution < 1.29 is 20.1 Å². The molecule has 64 heavy (non-hydrogen) atoms. The zero-order chi connectivity index (χ0) is 46.5. The Balaban J connectivity index is 3.47. The number of nitrogens with one attached hydrogen (secondary N) is 1. The van der Waals surface area contributed by atoms with Crippen LogP contribution in [-0.2, 0) is 4.79 Å². The highest BCUT2D eigenvalue weighted by Gasteiger charge is 2.26. The lowest BCUT2D eigenvalue weighted by Crippen LogP contribution is -2.50. The Morgan fingerprint density at radius 3 is 0.906 bits per heavy atom. The van der Waals surface area contributed by atoms with Gasteiger partial charge in [0.05, 0.1) is 18.8 Å². The van der Waals surface area contributed by atoms with Gasteiger partial charge in [-0.05, 0) is 64.2 Å². The average Bonchev–Trinajstić information content (AvgIpc) is 3.30. The van der Waals surface area contributed by atoms with Crippen molar-refractivity contribution in [2.24, 2.45) is 0 Å². The van der Waals surface area contributed by atoms with Crippen LogP contribution in [0.3, 0.4) is 0 Å². The summed E-state index contributed by atoms with van der Waals surface area (Å²) in [6.45, 7) is 4.19. The van der Waals surface area contributed by atoms with E-state index in [0.29, 0.717) is 12.8 Å². The molecule has 0 saturated heterocycles. The van der Waals surface area contributed by atoms with Gasteiger partial charge in [-0.3, -0.25) is 4.79 Å². The lowest BCUT2D eigenvalue weighted by atomic mass is 10.0. The number of hydrogen-bond donors (Lipinski definition) is 4. The number of amides is 1. The SMILES string of the molecule is CCCCCCCCCCCC/C=C/CCCC(O)C(O)C(CO)NC(=O)CCCCCCCCCCCCCCCCCCC/C=C\CCCCCCCCCCCCCCCC. The number of hydrogen-bond acceptors (Lipinski definition) is 4. The van der Waals surface area contributed by atoms with Crippen molar-refractivity contribution in [3.05, 3.63) is 24.3 Å². The van der Waals surface area contributed by atoms with E-state index in [9.17, 15) is 20.1 Å². The molecule has 3 atom stereocenters. The van der Waals surface area contributed by atoms with Gasteiger partial charge in [0.15, 0.2) is 0 Å². The van der Waals surface area contributed by atoms with Crippen LogP contribution in [0.4, 0.5) is 0 Å². The average molecular weight is 903 g/mol. The summed E-state index contributed by atoms with van der Waals surface area (Å²) >= 11 is 0. The lowest BCUT2D eigenvalue weighted by molar-refractivity contribution is -0.124. The third-order valence-corrected chi connectivity index (χ3v) is 13.8. The molecule has 0 fully saturated rings. The molecule has 4 N–H and O–H groups in total. The molecule has 0 aromatic rings. The van der Waals surface area contributed by atoms with Crippen LogP contribution >= 0.6 is 0 Å². The predicted molar refractivity (Wildman–Crippen MR) is 282 cm³/mol. The van der Waals surface area contributed by atoms with Crippen LogP contribution in [0.5, 0.6) is 0 Å². The molecule has 0 aliphatic heterocycles. The van der Waals surface area contributed by atoms with Gasteiger partial charge in [-0.15, -0.1) is 0 Å². The van der Waals surface area contributed by atoms with E-state index in [2.05, 4.69) is 43.5 Å². The summed E-state index contributed by atoms with van der Waals surface area (Å²) in [5, 5.41) is 33.7. The molecule has 5 heteroatoms. The van der Waals surface area contributed by atoms with Gasteiger partial charge >= 0.3 is 0 Å². The van der Waals surface area contributed by atoms with Gasteiger partial charge in [-0.2, -0.15) is 0 Å². The number of carbonyl (C=O) groups is 1. The van der Waals surface area contributed by atoms with Crippen LogP contribution in [0.1, 0.15) is 322 Å². The Morgan fingerprint density at radius 2 is 0.625 bits per heavy atom. The summed E-state index contributed by atoms with van der Waals surface area (Å²) < 4.78 is 0. The molecule has 1 amide bonds. The molecule has 5 nitrogen and oxygen atoms in total. The van der Waals surface area contributed by atoms with Crippen molar-refractivity contribution in [2.75, 3.05) is 6.61 Å². The summed E-state index contributed by atoms with van der Waals surface area (Å²) in [6.07, 6.45) is 69.3. The molecule has 0 spiro atoms. The summed E-state index contributed by atoms with van der Waals surface area (Å²) in [5.41, 5.74) is 0. The monoisotopic (exact) mass is 902 g/mol. The molecule has 0 aromatic carbocycles. The van der Waals surface area contributed by atoms with E-state index in [1.807, 2.05) is 0 Å². The minimum atomic E-state index is -1.16. The van der Waals surface area contributed by atoms with Crippen molar-refractivity contribution in [1.29, 1.82) is 0 Å². The van der Waals surface area contributed by atoms with Crippen molar-refractivity contribution in [3.8, 4) is 0 Å². The number of carbonyl (C=O) groups excluding carboxylic acids is 1. The molecule has 380 valence electrons. The van der Waals surface area contributed by atoms with Crippen molar-refractivity contribution in [2.45, 2.75) is 340 Å². The molecule has 0 heterocycles. The molecule has 0 aliphatic rings. The smallest absolute Gasteiger partial charge is 0.220 e. The summed E-state index contributed by atoms with van der Waals surface area (Å²) in [6, 6.07) is -0.824. The van der Waals surface area contributed by atoms with Gasteiger partial charge in [0, 0.05) is 6.42 Å². The minimum absolute atomic E-state index is 0.149. The molecule has 0 bridgehead atoms. The van der Waals surface area contributed by atoms with Gasteiger partial charge < -0.3 is 20.6 Å². The Labute approximate surface area is 401 Å². The molecule has 3 unspecified atom stereocenters. The first kappa shape index (κ1) is 62.8. The molecule has 0 aliphatic carbocycles. The molecule has 0 saturated carbocycles. The first-order valence-corrected chi connectivity index (χ1v) is 29.1. The fourth-order valence-corrected chi connectivity index (χ4v) is 9.28. The molecule has 0 radical (unpaired) electrons. The van der Waals surface area contributed by atoms with Crippen LogP contribution in [0.25, 0.3) is 0 Å². The molecule has 0 rings (SSSR count). The van der Waals surface area contributed by atoms with E-state index in [-0.39, 0.29) is 12.5 Å². The molecular formula is C59H115NO4. The van der Waals surface area contributed by atoms with Crippen LogP contribution < -0.4 is 5.32 Å². The zero-order valence-electron chi connectivity index (χ0n) is 43.4. The first-order valence-electron chi connectivity index (χ1n) is 29.1. The van der Waals surface area contributed by atoms with E-state index >= 15 is 0 Å². The number of aliphatic hydroxyl groups is 3. The quantitative estimate of drug-likeness (QED) is 0.0362. The van der Waals surface area contributed by atoms with Gasteiger partial charge in [-0.25, -0.2) is 0 Å². The molecule has 0 aromatic heterocycles.